The zero-order valence-corrected chi connectivity index (χ0v) is 15.6. The van der Waals surface area contributed by atoms with Crippen LogP contribution < -0.4 is 5.32 Å². The maximum Gasteiger partial charge on any atom is 0.326 e. The molecule has 2 rings (SSSR count). The van der Waals surface area contributed by atoms with Crippen molar-refractivity contribution in [3.05, 3.63) is 75.8 Å². The number of carbonyl (C=O) groups is 3. The third-order valence-electron chi connectivity index (χ3n) is 4.21. The van der Waals surface area contributed by atoms with Crippen LogP contribution in [0.1, 0.15) is 35.2 Å². The molecule has 0 radical (unpaired) electrons. The van der Waals surface area contributed by atoms with Gasteiger partial charge in [0.2, 0.25) is 0 Å². The number of ether oxygens (including phenoxy) is 1. The van der Waals surface area contributed by atoms with Crippen LogP contribution in [0.4, 0.5) is 5.69 Å². The molecule has 0 aliphatic heterocycles. The molecule has 2 aromatic carbocycles. The van der Waals surface area contributed by atoms with E-state index in [1.165, 1.54) is 36.4 Å². The van der Waals surface area contributed by atoms with E-state index >= 15 is 0 Å². The number of hydrogen-bond acceptors (Lipinski definition) is 6. The smallest absolute Gasteiger partial charge is 0.326 e. The van der Waals surface area contributed by atoms with E-state index < -0.39 is 34.7 Å². The largest absolute Gasteiger partial charge is 0.480 e. The summed E-state index contributed by atoms with van der Waals surface area (Å²) >= 11 is 0. The Labute approximate surface area is 166 Å². The highest BCUT2D eigenvalue weighted by molar-refractivity contribution is 5.97. The van der Waals surface area contributed by atoms with Gasteiger partial charge in [0.1, 0.15) is 6.04 Å². The summed E-state index contributed by atoms with van der Waals surface area (Å²) < 4.78 is 4.92. The quantitative estimate of drug-likeness (QED) is 0.375. The molecule has 0 saturated carbocycles. The van der Waals surface area contributed by atoms with Crippen LogP contribution in [0.25, 0.3) is 0 Å². The Bertz CT molecular complexity index is 881. The molecule has 1 amide bonds. The van der Waals surface area contributed by atoms with E-state index in [0.717, 1.165) is 0 Å². The molecule has 9 heteroatoms. The summed E-state index contributed by atoms with van der Waals surface area (Å²) in [7, 11) is 0. The molecule has 0 saturated heterocycles. The minimum Gasteiger partial charge on any atom is -0.480 e. The fourth-order valence-corrected chi connectivity index (χ4v) is 2.82. The molecule has 29 heavy (non-hydrogen) atoms. The number of rotatable bonds is 9. The fourth-order valence-electron chi connectivity index (χ4n) is 2.82. The number of nitrogens with one attached hydrogen (secondary N) is 1. The number of carboxylic acids is 1. The van der Waals surface area contributed by atoms with Gasteiger partial charge in [-0.25, -0.2) is 4.79 Å². The van der Waals surface area contributed by atoms with Crippen molar-refractivity contribution >= 4 is 23.5 Å². The van der Waals surface area contributed by atoms with E-state index in [9.17, 15) is 29.6 Å². The lowest BCUT2D eigenvalue weighted by Crippen LogP contribution is -2.45. The predicted molar refractivity (Wildman–Crippen MR) is 102 cm³/mol. The lowest BCUT2D eigenvalue weighted by molar-refractivity contribution is -0.384. The Morgan fingerprint density at radius 1 is 1.10 bits per heavy atom. The van der Waals surface area contributed by atoms with Gasteiger partial charge < -0.3 is 15.2 Å². The fraction of sp³-hybridized carbons (Fsp3) is 0.250. The molecular weight excluding hydrogens is 380 g/mol. The number of nitrogens with zero attached hydrogens (tertiary/aromatic N) is 1. The van der Waals surface area contributed by atoms with Crippen molar-refractivity contribution in [2.24, 2.45) is 0 Å². The number of carbonyl (C=O) groups excluding carboxylic acids is 2. The van der Waals surface area contributed by atoms with Crippen LogP contribution in [0.15, 0.2) is 54.6 Å². The van der Waals surface area contributed by atoms with Gasteiger partial charge in [0.15, 0.2) is 0 Å². The molecule has 0 spiro atoms. The molecular formula is C20H20N2O7. The Balaban J connectivity index is 2.36. The first-order chi connectivity index (χ1) is 13.8. The Kier molecular flexibility index (Phi) is 7.41. The lowest BCUT2D eigenvalue weighted by Gasteiger charge is -2.25. The highest BCUT2D eigenvalue weighted by atomic mass is 16.6. The van der Waals surface area contributed by atoms with Gasteiger partial charge >= 0.3 is 11.9 Å². The van der Waals surface area contributed by atoms with Gasteiger partial charge in [-0.05, 0) is 24.6 Å². The molecule has 152 valence electrons. The van der Waals surface area contributed by atoms with Crippen LogP contribution in [0.3, 0.4) is 0 Å². The van der Waals surface area contributed by atoms with Gasteiger partial charge in [0.05, 0.1) is 18.0 Å². The van der Waals surface area contributed by atoms with Crippen LogP contribution in [-0.2, 0) is 14.3 Å². The second-order valence-electron chi connectivity index (χ2n) is 6.12. The van der Waals surface area contributed by atoms with E-state index in [4.69, 9.17) is 4.74 Å². The van der Waals surface area contributed by atoms with Gasteiger partial charge in [-0.3, -0.25) is 19.7 Å². The summed E-state index contributed by atoms with van der Waals surface area (Å²) in [5.74, 6) is -3.59. The normalized spacial score (nSPS) is 12.4. The number of nitro benzene ring substituents is 1. The van der Waals surface area contributed by atoms with E-state index in [0.29, 0.717) is 5.56 Å². The third kappa shape index (κ3) is 5.86. The zero-order valence-electron chi connectivity index (χ0n) is 15.6. The molecule has 0 fully saturated rings. The SMILES string of the molecule is CCOC(=O)C[C@@H](c1ccc([N+](=O)[O-])cc1)[C@H](NC(=O)c1ccccc1)C(=O)O. The van der Waals surface area contributed by atoms with Crippen molar-refractivity contribution in [3.8, 4) is 0 Å². The summed E-state index contributed by atoms with van der Waals surface area (Å²) in [5, 5.41) is 23.0. The van der Waals surface area contributed by atoms with E-state index in [-0.39, 0.29) is 24.3 Å². The number of hydrogen-bond donors (Lipinski definition) is 2. The first kappa shape index (κ1) is 21.5. The van der Waals surface area contributed by atoms with Crippen molar-refractivity contribution in [1.82, 2.24) is 5.32 Å². The maximum atomic E-state index is 12.5. The number of carboxylic acid groups (broad SMARTS) is 1. The molecule has 0 unspecified atom stereocenters. The van der Waals surface area contributed by atoms with Crippen LogP contribution >= 0.6 is 0 Å². The van der Waals surface area contributed by atoms with E-state index in [2.05, 4.69) is 5.32 Å². The van der Waals surface area contributed by atoms with Crippen molar-refractivity contribution in [2.45, 2.75) is 25.3 Å². The van der Waals surface area contributed by atoms with Crippen LogP contribution in [0.5, 0.6) is 0 Å². The molecule has 9 nitrogen and oxygen atoms in total. The second kappa shape index (κ2) is 9.98. The van der Waals surface area contributed by atoms with Crippen molar-refractivity contribution in [1.29, 1.82) is 0 Å². The maximum absolute atomic E-state index is 12.5. The van der Waals surface area contributed by atoms with Crippen molar-refractivity contribution in [2.75, 3.05) is 6.61 Å². The second-order valence-corrected chi connectivity index (χ2v) is 6.12. The van der Waals surface area contributed by atoms with Gasteiger partial charge in [-0.1, -0.05) is 30.3 Å². The number of esters is 1. The third-order valence-corrected chi connectivity index (χ3v) is 4.21. The molecule has 2 atom stereocenters. The molecule has 2 aromatic rings. The monoisotopic (exact) mass is 400 g/mol. The average Bonchev–Trinajstić information content (AvgIpc) is 2.71. The van der Waals surface area contributed by atoms with E-state index in [1.807, 2.05) is 0 Å². The summed E-state index contributed by atoms with van der Waals surface area (Å²) in [4.78, 5) is 46.7. The number of non-ortho nitro benzene ring substituents is 1. The van der Waals surface area contributed by atoms with Crippen molar-refractivity contribution < 1.29 is 29.2 Å². The predicted octanol–water partition coefficient (Wildman–Crippen LogP) is 2.51. The highest BCUT2D eigenvalue weighted by Crippen LogP contribution is 2.27. The molecule has 0 heterocycles. The van der Waals surface area contributed by atoms with Gasteiger partial charge in [0.25, 0.3) is 11.6 Å². The van der Waals surface area contributed by atoms with Crippen LogP contribution in [-0.4, -0.2) is 40.5 Å². The number of nitro groups is 1. The highest BCUT2D eigenvalue weighted by Gasteiger charge is 2.33. The average molecular weight is 400 g/mol. The minimum absolute atomic E-state index is 0.111. The Morgan fingerprint density at radius 2 is 1.72 bits per heavy atom. The Hall–Kier alpha value is -3.75. The standard InChI is InChI=1S/C20H20N2O7/c1-2-29-17(23)12-16(13-8-10-15(11-9-13)22(27)28)18(20(25)26)21-19(24)14-6-4-3-5-7-14/h3-11,16,18H,2,12H2,1H3,(H,21,24)(H,25,26)/t16-,18-/m0/s1. The first-order valence-corrected chi connectivity index (χ1v) is 8.82. The molecule has 0 aliphatic rings. The summed E-state index contributed by atoms with van der Waals surface area (Å²) in [6.07, 6.45) is -0.322. The minimum atomic E-state index is -1.45. The first-order valence-electron chi connectivity index (χ1n) is 8.82. The van der Waals surface area contributed by atoms with E-state index in [1.54, 1.807) is 25.1 Å². The number of benzene rings is 2. The number of aliphatic carboxylic acids is 1. The molecule has 0 bridgehead atoms. The molecule has 0 aliphatic carbocycles. The number of amides is 1. The van der Waals surface area contributed by atoms with Crippen LogP contribution in [0, 0.1) is 10.1 Å². The lowest BCUT2D eigenvalue weighted by atomic mass is 9.88. The zero-order chi connectivity index (χ0) is 21.4. The summed E-state index contributed by atoms with van der Waals surface area (Å²) in [6, 6.07) is 11.8. The van der Waals surface area contributed by atoms with Crippen LogP contribution in [0.2, 0.25) is 0 Å². The molecule has 0 aromatic heterocycles. The van der Waals surface area contributed by atoms with Gasteiger partial charge in [-0.15, -0.1) is 0 Å². The van der Waals surface area contributed by atoms with Gasteiger partial charge in [-0.2, -0.15) is 0 Å². The summed E-state index contributed by atoms with van der Waals surface area (Å²) in [5.41, 5.74) is 0.436. The Morgan fingerprint density at radius 3 is 2.24 bits per heavy atom. The summed E-state index contributed by atoms with van der Waals surface area (Å²) in [6.45, 7) is 1.73. The molecule has 2 N–H and O–H groups in total. The van der Waals surface area contributed by atoms with Gasteiger partial charge in [0, 0.05) is 23.6 Å². The van der Waals surface area contributed by atoms with Crippen molar-refractivity contribution in [3.63, 3.8) is 0 Å². The topological polar surface area (TPSA) is 136 Å².